The summed E-state index contributed by atoms with van der Waals surface area (Å²) in [6.07, 6.45) is 2.08. The molecule has 1 aliphatic heterocycles. The number of carboxylic acids is 1. The number of carbonyl (C=O) groups is 4. The number of hydrogen-bond acceptors (Lipinski definition) is 23. The molecule has 1 amide bonds. The van der Waals surface area contributed by atoms with E-state index in [1.54, 1.807) is 12.1 Å². The summed E-state index contributed by atoms with van der Waals surface area (Å²) in [4.78, 5) is 50.6. The molecule has 0 spiro atoms. The summed E-state index contributed by atoms with van der Waals surface area (Å²) in [5.41, 5.74) is 10.1. The van der Waals surface area contributed by atoms with Crippen molar-refractivity contribution in [2.45, 2.75) is 94.6 Å². The van der Waals surface area contributed by atoms with Crippen LogP contribution in [0.25, 0.3) is 0 Å². The molecule has 8 aromatic rings. The van der Waals surface area contributed by atoms with Gasteiger partial charge in [0.15, 0.2) is 0 Å². The number of ether oxygens (including phenoxy) is 7. The third kappa shape index (κ3) is 19.3. The van der Waals surface area contributed by atoms with Gasteiger partial charge >= 0.3 is 5.97 Å². The van der Waals surface area contributed by atoms with Crippen molar-refractivity contribution in [2.75, 3.05) is 122 Å². The van der Waals surface area contributed by atoms with E-state index in [2.05, 4.69) is 58.0 Å². The quantitative estimate of drug-likeness (QED) is 0.0158. The lowest BCUT2D eigenvalue weighted by molar-refractivity contribution is -0.305. The minimum absolute atomic E-state index is 0.0120. The Balaban J connectivity index is 0.670. The Bertz CT molecular complexity index is 4920. The van der Waals surface area contributed by atoms with Gasteiger partial charge < -0.3 is 63.9 Å². The summed E-state index contributed by atoms with van der Waals surface area (Å²) < 4.78 is 111. The smallest absolute Gasteiger partial charge is 0.376 e. The van der Waals surface area contributed by atoms with Crippen LogP contribution >= 0.6 is 0 Å². The summed E-state index contributed by atoms with van der Waals surface area (Å²) in [6, 6.07) is 37.0. The van der Waals surface area contributed by atoms with Crippen molar-refractivity contribution in [2.24, 2.45) is 5.73 Å². The zero-order valence-electron chi connectivity index (χ0n) is 58.7. The molecule has 28 nitrogen and oxygen atoms in total. The van der Waals surface area contributed by atoms with Gasteiger partial charge in [0.2, 0.25) is 10.0 Å². The first-order valence-corrected chi connectivity index (χ1v) is 37.8. The zero-order chi connectivity index (χ0) is 73.8. The first kappa shape index (κ1) is 77.3. The number of fused-ring (bicyclic) bond motifs is 6. The van der Waals surface area contributed by atoms with Gasteiger partial charge in [-0.15, -0.1) is 10.2 Å². The summed E-state index contributed by atoms with van der Waals surface area (Å²) in [5.74, 6) is -3.71. The Morgan fingerprint density at radius 3 is 1.64 bits per heavy atom. The number of benzene rings is 6. The average molecular weight is 1470 g/mol. The van der Waals surface area contributed by atoms with Crippen molar-refractivity contribution in [3.8, 4) is 11.5 Å². The monoisotopic (exact) mass is 1470 g/mol. The van der Waals surface area contributed by atoms with Crippen LogP contribution in [0.3, 0.4) is 0 Å². The minimum Gasteiger partial charge on any atom is -0.550 e. The number of amides is 1. The second-order valence-corrected chi connectivity index (χ2v) is 27.7. The van der Waals surface area contributed by atoms with E-state index in [-0.39, 0.29) is 69.2 Å². The number of aromatic nitrogens is 6. The number of Topliss-reactive ketones (excluding diaryl/α,β-unsaturated/α-hetero) is 1. The van der Waals surface area contributed by atoms with Crippen molar-refractivity contribution in [1.82, 2.24) is 40.0 Å². The molecule has 0 saturated heterocycles. The third-order valence-electron chi connectivity index (χ3n) is 17.8. The number of rotatable bonds is 42. The van der Waals surface area contributed by atoms with Crippen molar-refractivity contribution >= 4 is 55.1 Å². The molecule has 0 radical (unpaired) electrons. The lowest BCUT2D eigenvalue weighted by Gasteiger charge is -2.32. The summed E-state index contributed by atoms with van der Waals surface area (Å²) >= 11 is 0. The minimum atomic E-state index is -4.96. The number of nitrogens with two attached hydrogens (primary N) is 1. The number of unbranched alkanes of at least 4 members (excludes halogenated alkanes) is 3. The Morgan fingerprint density at radius 1 is 0.587 bits per heavy atom. The molecule has 3 heterocycles. The molecular formula is C74H88N11O17S2-. The van der Waals surface area contributed by atoms with Gasteiger partial charge in [-0.3, -0.25) is 14.1 Å². The summed E-state index contributed by atoms with van der Waals surface area (Å²) in [5, 5.41) is 38.7. The molecule has 1 atom stereocenters. The van der Waals surface area contributed by atoms with Crippen LogP contribution in [0.1, 0.15) is 98.3 Å². The first-order valence-electron chi connectivity index (χ1n) is 34.9. The molecule has 0 bridgehead atoms. The number of nitrogens with one attached hydrogen (secondary N) is 2. The number of carboxylic acid groups (broad SMARTS) is 1. The second-order valence-electron chi connectivity index (χ2n) is 24.6. The number of sulfonamides is 1. The number of ketones is 1. The SMILES string of the molecule is CCN(CC)c1ccc2c(c1)Oc1cc(N(CC)CC)ccc1C2c1ccc(S(=O)(=O)NCCOCCOCCOCCn2nnc3/c2=c2/cccc/c2=c2\nnn(Cc4ccc(C(=O)NCCOCCOCCCCCCOC(=O)C(=O)[C@@H](N)CC(=O)[O-])cc4)\c2=c2/cccc/c2=3)cc1S(=O)(=O)O. The third-order valence-corrected chi connectivity index (χ3v) is 20.2. The largest absolute Gasteiger partial charge is 0.550 e. The fraction of sp³-hybridized carbons (Fsp3) is 0.405. The van der Waals surface area contributed by atoms with Gasteiger partial charge in [-0.25, -0.2) is 27.3 Å². The van der Waals surface area contributed by atoms with Crippen LogP contribution in [0.2, 0.25) is 0 Å². The van der Waals surface area contributed by atoms with Gasteiger partial charge in [0.05, 0.1) is 106 Å². The summed E-state index contributed by atoms with van der Waals surface area (Å²) in [7, 11) is -9.25. The number of carbonyl (C=O) groups excluding carboxylic acids is 4. The number of nitrogens with zero attached hydrogens (tertiary/aromatic N) is 8. The van der Waals surface area contributed by atoms with E-state index in [9.17, 15) is 45.7 Å². The van der Waals surface area contributed by atoms with Crippen LogP contribution in [0.4, 0.5) is 11.4 Å². The zero-order valence-corrected chi connectivity index (χ0v) is 60.3. The van der Waals surface area contributed by atoms with E-state index >= 15 is 0 Å². The predicted molar refractivity (Wildman–Crippen MR) is 380 cm³/mol. The number of aliphatic carboxylic acids is 1. The fourth-order valence-corrected chi connectivity index (χ4v) is 14.4. The first-order chi connectivity index (χ1) is 50.3. The fourth-order valence-electron chi connectivity index (χ4n) is 12.6. The van der Waals surface area contributed by atoms with E-state index in [0.29, 0.717) is 91.4 Å². The lowest BCUT2D eigenvalue weighted by Crippen LogP contribution is -2.41. The van der Waals surface area contributed by atoms with Gasteiger partial charge in [-0.2, -0.15) is 8.42 Å². The van der Waals surface area contributed by atoms with Gasteiger partial charge in [-0.1, -0.05) is 95.7 Å². The van der Waals surface area contributed by atoms with Crippen LogP contribution in [0.15, 0.2) is 137 Å². The highest BCUT2D eigenvalue weighted by Gasteiger charge is 2.35. The van der Waals surface area contributed by atoms with Gasteiger partial charge in [0.25, 0.3) is 21.8 Å². The molecule has 2 aromatic heterocycles. The van der Waals surface area contributed by atoms with E-state index in [0.717, 1.165) is 100 Å². The molecule has 10 rings (SSSR count). The van der Waals surface area contributed by atoms with E-state index in [1.807, 2.05) is 106 Å². The van der Waals surface area contributed by atoms with Crippen molar-refractivity contribution in [1.29, 1.82) is 0 Å². The molecule has 0 saturated carbocycles. The highest BCUT2D eigenvalue weighted by Crippen LogP contribution is 2.51. The van der Waals surface area contributed by atoms with Crippen molar-refractivity contribution < 1.29 is 78.8 Å². The maximum Gasteiger partial charge on any atom is 0.376 e. The topological polar surface area (TPSA) is 362 Å². The van der Waals surface area contributed by atoms with Gasteiger partial charge in [-0.05, 0) is 94.5 Å². The average Bonchev–Trinajstić information content (AvgIpc) is 1.14. The molecule has 5 N–H and O–H groups in total. The second kappa shape index (κ2) is 36.9. The van der Waals surface area contributed by atoms with Crippen LogP contribution in [0.5, 0.6) is 11.5 Å². The highest BCUT2D eigenvalue weighted by molar-refractivity contribution is 7.89. The van der Waals surface area contributed by atoms with Crippen LogP contribution < -0.4 is 35.4 Å². The lowest BCUT2D eigenvalue weighted by atomic mass is 9.82. The van der Waals surface area contributed by atoms with E-state index in [4.69, 9.17) is 49.1 Å². The van der Waals surface area contributed by atoms with E-state index < -0.39 is 61.1 Å². The maximum atomic E-state index is 13.7. The normalized spacial score (nSPS) is 14.1. The van der Waals surface area contributed by atoms with Crippen molar-refractivity contribution in [3.05, 3.63) is 197 Å². The van der Waals surface area contributed by atoms with Crippen LogP contribution in [0, 0.1) is 42.3 Å². The molecule has 0 fully saturated rings. The molecule has 2 aliphatic rings. The summed E-state index contributed by atoms with van der Waals surface area (Å²) in [6.45, 7) is 14.8. The Kier molecular flexibility index (Phi) is 27.4. The number of anilines is 2. The molecule has 104 heavy (non-hydrogen) atoms. The molecule has 30 heteroatoms. The highest BCUT2D eigenvalue weighted by atomic mass is 32.2. The molecule has 6 aromatic carbocycles. The maximum absolute atomic E-state index is 13.7. The van der Waals surface area contributed by atoms with Crippen LogP contribution in [-0.2, 0) is 76.0 Å². The Hall–Kier alpha value is -9.34. The number of esters is 1. The predicted octanol–water partition coefficient (Wildman–Crippen LogP) is 5.54. The molecule has 0 unspecified atom stereocenters. The Labute approximate surface area is 602 Å². The molecule has 554 valence electrons. The van der Waals surface area contributed by atoms with Crippen molar-refractivity contribution in [3.63, 3.8) is 0 Å². The van der Waals surface area contributed by atoms with Crippen LogP contribution in [-0.4, -0.2) is 193 Å². The van der Waals surface area contributed by atoms with Gasteiger partial charge in [0, 0.05) is 125 Å². The molecular weight excluding hydrogens is 1380 g/mol. The van der Waals surface area contributed by atoms with Gasteiger partial charge in [0.1, 0.15) is 22.2 Å². The number of hydrogen-bond donors (Lipinski definition) is 4. The standard InChI is InChI=1S/C74H89N11O17S2/c1-5-82(6-2)52-25-28-59-63(45-52)102-64-46-53(83(7-3)8-4)26-29-60(64)67(59)61-30-27-54(47-65(61)104(93,94)95)103(91,92)77-32-37-98-41-43-100-44-42-99-38-33-84-70-57-19-13-11-17-55(57)69-71(58-20-14-12-18-56(58)68(70)78-80-84)85(81-79-69)49-50-21-23-51(24-22-50)73(89)76-31-36-97-40-39-96-34-15-9-10-16-35-101-74(90)72(88)62(75)48-66(86)87/h11-14,17-30,45-47,62,67,77H,5-10,15-16,31-44,48-49,75H2,1-4H3,(H,76,89)(H,86,87)(H,93,94,95)/p-1/b68-56+,69-55+,70-57+,71-58+/t62-/m0/s1. The Morgan fingerprint density at radius 2 is 1.09 bits per heavy atom. The van der Waals surface area contributed by atoms with E-state index in [1.165, 1.54) is 12.1 Å². The molecule has 1 aliphatic carbocycles.